The van der Waals surface area contributed by atoms with Gasteiger partial charge in [-0.1, -0.05) is 6.07 Å². The first-order chi connectivity index (χ1) is 9.79. The Labute approximate surface area is 124 Å². The van der Waals surface area contributed by atoms with Gasteiger partial charge >= 0.3 is 0 Å². The number of thiophene rings is 1. The lowest BCUT2D eigenvalue weighted by Crippen LogP contribution is -2.42. The standard InChI is InChI=1S/C15H22N2O2S/c1-19-10-9-17(12-13-4-2-8-16-13)15(18)7-6-14-5-3-11-20-14/h3,5-7,11,13,16H,2,4,8-10,12H2,1H3/b7-6+. The predicted octanol–water partition coefficient (Wildman–Crippen LogP) is 1.99. The van der Waals surface area contributed by atoms with E-state index in [4.69, 9.17) is 4.74 Å². The van der Waals surface area contributed by atoms with Crippen LogP contribution in [0, 0.1) is 0 Å². The Hall–Kier alpha value is -1.17. The highest BCUT2D eigenvalue weighted by Gasteiger charge is 2.19. The van der Waals surface area contributed by atoms with E-state index in [1.165, 1.54) is 6.42 Å². The first kappa shape index (κ1) is 15.2. The molecule has 1 aromatic rings. The second kappa shape index (κ2) is 8.19. The Morgan fingerprint density at radius 2 is 2.55 bits per heavy atom. The number of hydrogen-bond acceptors (Lipinski definition) is 4. The SMILES string of the molecule is COCCN(CC1CCCN1)C(=O)/C=C/c1cccs1. The Kier molecular flexibility index (Phi) is 6.24. The molecule has 1 unspecified atom stereocenters. The molecule has 0 aliphatic carbocycles. The average Bonchev–Trinajstić information content (AvgIpc) is 3.13. The van der Waals surface area contributed by atoms with Gasteiger partial charge in [0.05, 0.1) is 6.61 Å². The molecule has 1 fully saturated rings. The van der Waals surface area contributed by atoms with Crippen LogP contribution in [0.2, 0.25) is 0 Å². The number of nitrogens with zero attached hydrogens (tertiary/aromatic N) is 1. The molecule has 1 aliphatic rings. The lowest BCUT2D eigenvalue weighted by molar-refractivity contribution is -0.126. The van der Waals surface area contributed by atoms with Gasteiger partial charge in [0.25, 0.3) is 0 Å². The van der Waals surface area contributed by atoms with Crippen LogP contribution in [0.1, 0.15) is 17.7 Å². The molecule has 1 aliphatic heterocycles. The molecule has 0 aromatic carbocycles. The number of carbonyl (C=O) groups excluding carboxylic acids is 1. The molecule has 1 saturated heterocycles. The van der Waals surface area contributed by atoms with Crippen LogP contribution in [0.5, 0.6) is 0 Å². The molecule has 0 saturated carbocycles. The molecule has 2 heterocycles. The molecule has 0 bridgehead atoms. The van der Waals surface area contributed by atoms with E-state index in [2.05, 4.69) is 5.32 Å². The summed E-state index contributed by atoms with van der Waals surface area (Å²) in [6, 6.07) is 4.41. The highest BCUT2D eigenvalue weighted by atomic mass is 32.1. The quantitative estimate of drug-likeness (QED) is 0.782. The number of hydrogen-bond donors (Lipinski definition) is 1. The van der Waals surface area contributed by atoms with Gasteiger partial charge in [-0.25, -0.2) is 0 Å². The second-order valence-corrected chi connectivity index (χ2v) is 5.90. The van der Waals surface area contributed by atoms with Crippen molar-refractivity contribution in [3.63, 3.8) is 0 Å². The van der Waals surface area contributed by atoms with E-state index in [1.54, 1.807) is 24.5 Å². The van der Waals surface area contributed by atoms with Gasteiger partial charge in [0, 0.05) is 37.2 Å². The van der Waals surface area contributed by atoms with Crippen molar-refractivity contribution in [1.29, 1.82) is 0 Å². The first-order valence-corrected chi connectivity index (χ1v) is 7.90. The van der Waals surface area contributed by atoms with E-state index in [0.717, 1.165) is 24.4 Å². The monoisotopic (exact) mass is 294 g/mol. The Morgan fingerprint density at radius 3 is 3.20 bits per heavy atom. The highest BCUT2D eigenvalue weighted by molar-refractivity contribution is 7.10. The predicted molar refractivity (Wildman–Crippen MR) is 82.8 cm³/mol. The van der Waals surface area contributed by atoms with E-state index in [9.17, 15) is 4.79 Å². The third-order valence-corrected chi connectivity index (χ3v) is 4.25. The zero-order valence-corrected chi connectivity index (χ0v) is 12.7. The number of carbonyl (C=O) groups is 1. The van der Waals surface area contributed by atoms with Crippen molar-refractivity contribution in [2.75, 3.05) is 33.4 Å². The molecular formula is C15H22N2O2S. The van der Waals surface area contributed by atoms with Gasteiger partial charge in [-0.2, -0.15) is 0 Å². The lowest BCUT2D eigenvalue weighted by atomic mass is 10.2. The molecule has 1 atom stereocenters. The third-order valence-electron chi connectivity index (χ3n) is 3.41. The van der Waals surface area contributed by atoms with Crippen molar-refractivity contribution in [3.8, 4) is 0 Å². The van der Waals surface area contributed by atoms with Crippen LogP contribution >= 0.6 is 11.3 Å². The van der Waals surface area contributed by atoms with Crippen molar-refractivity contribution in [1.82, 2.24) is 10.2 Å². The molecule has 1 amide bonds. The topological polar surface area (TPSA) is 41.6 Å². The van der Waals surface area contributed by atoms with Crippen molar-refractivity contribution in [2.24, 2.45) is 0 Å². The summed E-state index contributed by atoms with van der Waals surface area (Å²) in [5.74, 6) is 0.0594. The maximum Gasteiger partial charge on any atom is 0.246 e. The third kappa shape index (κ3) is 4.74. The summed E-state index contributed by atoms with van der Waals surface area (Å²) in [4.78, 5) is 15.3. The fourth-order valence-electron chi connectivity index (χ4n) is 2.32. The minimum absolute atomic E-state index is 0.0594. The van der Waals surface area contributed by atoms with Gasteiger partial charge < -0.3 is 15.0 Å². The minimum Gasteiger partial charge on any atom is -0.383 e. The Bertz CT molecular complexity index is 425. The number of methoxy groups -OCH3 is 1. The summed E-state index contributed by atoms with van der Waals surface area (Å²) in [6.45, 7) is 3.03. The number of nitrogens with one attached hydrogen (secondary N) is 1. The van der Waals surface area contributed by atoms with Crippen LogP contribution in [0.25, 0.3) is 6.08 Å². The van der Waals surface area contributed by atoms with Crippen LogP contribution < -0.4 is 5.32 Å². The fourth-order valence-corrected chi connectivity index (χ4v) is 2.93. The highest BCUT2D eigenvalue weighted by Crippen LogP contribution is 2.11. The summed E-state index contributed by atoms with van der Waals surface area (Å²) in [7, 11) is 1.66. The van der Waals surface area contributed by atoms with Crippen molar-refractivity contribution >= 4 is 23.3 Å². The number of amides is 1. The molecule has 1 N–H and O–H groups in total. The smallest absolute Gasteiger partial charge is 0.246 e. The Balaban J connectivity index is 1.91. The first-order valence-electron chi connectivity index (χ1n) is 7.02. The lowest BCUT2D eigenvalue weighted by Gasteiger charge is -2.24. The van der Waals surface area contributed by atoms with Gasteiger partial charge in [0.1, 0.15) is 0 Å². The second-order valence-electron chi connectivity index (χ2n) is 4.92. The van der Waals surface area contributed by atoms with E-state index in [0.29, 0.717) is 19.2 Å². The summed E-state index contributed by atoms with van der Waals surface area (Å²) in [5.41, 5.74) is 0. The molecule has 5 heteroatoms. The molecular weight excluding hydrogens is 272 g/mol. The van der Waals surface area contributed by atoms with Gasteiger partial charge in [0.15, 0.2) is 0 Å². The molecule has 1 aromatic heterocycles. The number of ether oxygens (including phenoxy) is 1. The van der Waals surface area contributed by atoms with Crippen molar-refractivity contribution in [3.05, 3.63) is 28.5 Å². The molecule has 0 radical (unpaired) electrons. The molecule has 2 rings (SSSR count). The van der Waals surface area contributed by atoms with Crippen molar-refractivity contribution < 1.29 is 9.53 Å². The van der Waals surface area contributed by atoms with Crippen molar-refractivity contribution in [2.45, 2.75) is 18.9 Å². The fraction of sp³-hybridized carbons (Fsp3) is 0.533. The maximum atomic E-state index is 12.3. The average molecular weight is 294 g/mol. The van der Waals surface area contributed by atoms with Gasteiger partial charge in [0.2, 0.25) is 5.91 Å². The number of rotatable bonds is 7. The largest absolute Gasteiger partial charge is 0.383 e. The van der Waals surface area contributed by atoms with Gasteiger partial charge in [-0.05, 0) is 36.9 Å². The molecule has 4 nitrogen and oxygen atoms in total. The zero-order chi connectivity index (χ0) is 14.2. The normalized spacial score (nSPS) is 18.8. The van der Waals surface area contributed by atoms with Crippen LogP contribution in [-0.2, 0) is 9.53 Å². The van der Waals surface area contributed by atoms with Gasteiger partial charge in [-0.3, -0.25) is 4.79 Å². The van der Waals surface area contributed by atoms with E-state index in [1.807, 2.05) is 28.5 Å². The summed E-state index contributed by atoms with van der Waals surface area (Å²) in [5, 5.41) is 5.44. The minimum atomic E-state index is 0.0594. The van der Waals surface area contributed by atoms with Crippen LogP contribution in [0.3, 0.4) is 0 Å². The maximum absolute atomic E-state index is 12.3. The van der Waals surface area contributed by atoms with E-state index in [-0.39, 0.29) is 5.91 Å². The van der Waals surface area contributed by atoms with Crippen LogP contribution in [0.4, 0.5) is 0 Å². The summed E-state index contributed by atoms with van der Waals surface area (Å²) in [6.07, 6.45) is 5.89. The summed E-state index contributed by atoms with van der Waals surface area (Å²) >= 11 is 1.63. The van der Waals surface area contributed by atoms with E-state index < -0.39 is 0 Å². The Morgan fingerprint density at radius 1 is 1.65 bits per heavy atom. The van der Waals surface area contributed by atoms with Crippen LogP contribution in [0.15, 0.2) is 23.6 Å². The van der Waals surface area contributed by atoms with E-state index >= 15 is 0 Å². The molecule has 0 spiro atoms. The van der Waals surface area contributed by atoms with Gasteiger partial charge in [-0.15, -0.1) is 11.3 Å². The summed E-state index contributed by atoms with van der Waals surface area (Å²) < 4.78 is 5.10. The molecule has 110 valence electrons. The molecule has 20 heavy (non-hydrogen) atoms. The zero-order valence-electron chi connectivity index (χ0n) is 11.9. The van der Waals surface area contributed by atoms with Crippen LogP contribution in [-0.4, -0.2) is 50.2 Å².